The van der Waals surface area contributed by atoms with Crippen LogP contribution in [0.1, 0.15) is 67.2 Å². The Morgan fingerprint density at radius 1 is 1.03 bits per heavy atom. The van der Waals surface area contributed by atoms with Crippen molar-refractivity contribution in [3.8, 4) is 0 Å². The van der Waals surface area contributed by atoms with Crippen molar-refractivity contribution in [1.29, 1.82) is 0 Å². The quantitative estimate of drug-likeness (QED) is 0.292. The average molecular weight is 445 g/mol. The van der Waals surface area contributed by atoms with Gasteiger partial charge in [-0.15, -0.1) is 26.3 Å². The lowest BCUT2D eigenvalue weighted by Crippen LogP contribution is -2.28. The van der Waals surface area contributed by atoms with E-state index >= 15 is 0 Å². The van der Waals surface area contributed by atoms with Gasteiger partial charge in [0.15, 0.2) is 0 Å². The van der Waals surface area contributed by atoms with E-state index < -0.39 is 11.8 Å². The molecule has 0 aliphatic carbocycles. The van der Waals surface area contributed by atoms with Gasteiger partial charge in [0.2, 0.25) is 0 Å². The maximum absolute atomic E-state index is 13.8. The fraction of sp³-hybridized carbons (Fsp3) is 0.370. The van der Waals surface area contributed by atoms with Gasteiger partial charge in [0.25, 0.3) is 0 Å². The minimum atomic E-state index is -0.531. The number of urea groups is 1. The highest BCUT2D eigenvalue weighted by molar-refractivity contribution is 5.71. The number of primary amides is 1. The summed E-state index contributed by atoms with van der Waals surface area (Å²) >= 11 is 0. The van der Waals surface area contributed by atoms with Crippen molar-refractivity contribution < 1.29 is 13.6 Å². The molecule has 0 heterocycles. The molecule has 2 amide bonds. The van der Waals surface area contributed by atoms with Crippen molar-refractivity contribution in [3.05, 3.63) is 96.6 Å². The first-order valence-electron chi connectivity index (χ1n) is 11.0. The van der Waals surface area contributed by atoms with Crippen molar-refractivity contribution >= 4 is 6.03 Å². The van der Waals surface area contributed by atoms with E-state index in [2.05, 4.69) is 57.6 Å². The number of rotatable bonds is 10. The van der Waals surface area contributed by atoms with Gasteiger partial charge in [0.1, 0.15) is 11.6 Å². The van der Waals surface area contributed by atoms with Crippen molar-refractivity contribution in [3.63, 3.8) is 0 Å². The molecule has 32 heavy (non-hydrogen) atoms. The number of amides is 2. The summed E-state index contributed by atoms with van der Waals surface area (Å²) < 4.78 is 27.1. The van der Waals surface area contributed by atoms with Gasteiger partial charge < -0.3 is 11.1 Å². The Bertz CT molecular complexity index is 821. The molecule has 2 aromatic rings. The van der Waals surface area contributed by atoms with Crippen LogP contribution in [0.25, 0.3) is 0 Å². The van der Waals surface area contributed by atoms with Gasteiger partial charge in [-0.1, -0.05) is 38.0 Å². The topological polar surface area (TPSA) is 55.1 Å². The van der Waals surface area contributed by atoms with E-state index in [1.807, 2.05) is 6.07 Å². The lowest BCUT2D eigenvalue weighted by Gasteiger charge is -2.20. The zero-order chi connectivity index (χ0) is 24.5. The molecule has 0 radical (unpaired) electrons. The molecule has 0 saturated heterocycles. The number of carbonyl (C=O) groups excluding carboxylic acids is 1. The van der Waals surface area contributed by atoms with Crippen molar-refractivity contribution in [2.75, 3.05) is 0 Å². The normalized spacial score (nSPS) is 10.8. The zero-order valence-electron chi connectivity index (χ0n) is 19.6. The van der Waals surface area contributed by atoms with Crippen LogP contribution in [0.5, 0.6) is 0 Å². The van der Waals surface area contributed by atoms with Crippen molar-refractivity contribution in [2.24, 2.45) is 5.73 Å². The first-order chi connectivity index (χ1) is 15.4. The van der Waals surface area contributed by atoms with Crippen LogP contribution >= 0.6 is 0 Å². The van der Waals surface area contributed by atoms with Crippen LogP contribution in [0.3, 0.4) is 0 Å². The van der Waals surface area contributed by atoms with Crippen LogP contribution < -0.4 is 11.1 Å². The summed E-state index contributed by atoms with van der Waals surface area (Å²) in [5, 5.41) is 2.63. The molecule has 0 aliphatic heterocycles. The first-order valence-corrected chi connectivity index (χ1v) is 11.0. The van der Waals surface area contributed by atoms with Gasteiger partial charge in [-0.25, -0.2) is 13.6 Å². The second-order valence-corrected chi connectivity index (χ2v) is 7.38. The second-order valence-electron chi connectivity index (χ2n) is 7.38. The molecule has 5 heteroatoms. The largest absolute Gasteiger partial charge is 0.352 e. The predicted octanol–water partition coefficient (Wildman–Crippen LogP) is 7.34. The number of unbranched alkanes of at least 4 members (excludes halogenated alkanes) is 1. The van der Waals surface area contributed by atoms with Crippen LogP contribution in [0.4, 0.5) is 13.6 Å². The van der Waals surface area contributed by atoms with Crippen molar-refractivity contribution in [1.82, 2.24) is 5.32 Å². The van der Waals surface area contributed by atoms with E-state index in [9.17, 15) is 13.6 Å². The Hall–Kier alpha value is -2.95. The molecular weight excluding hydrogens is 406 g/mol. The second kappa shape index (κ2) is 16.7. The number of hydrogen-bond acceptors (Lipinski definition) is 1. The number of aryl methyl sites for hydroxylation is 2. The minimum Gasteiger partial charge on any atom is -0.352 e. The summed E-state index contributed by atoms with van der Waals surface area (Å²) in [6.07, 6.45) is 5.46. The Balaban J connectivity index is 0.00000227. The van der Waals surface area contributed by atoms with Gasteiger partial charge in [0, 0.05) is 6.54 Å². The Morgan fingerprint density at radius 2 is 1.72 bits per heavy atom. The molecule has 0 aromatic heterocycles. The molecule has 0 aliphatic rings. The Kier molecular flexibility index (Phi) is 15.2. The molecule has 3 nitrogen and oxygen atoms in total. The van der Waals surface area contributed by atoms with E-state index in [-0.39, 0.29) is 5.82 Å². The summed E-state index contributed by atoms with van der Waals surface area (Å²) in [6.45, 7) is 16.7. The van der Waals surface area contributed by atoms with E-state index in [4.69, 9.17) is 5.73 Å². The fourth-order valence-corrected chi connectivity index (χ4v) is 3.67. The third-order valence-electron chi connectivity index (χ3n) is 5.14. The van der Waals surface area contributed by atoms with E-state index in [0.717, 1.165) is 43.7 Å². The van der Waals surface area contributed by atoms with Gasteiger partial charge in [-0.2, -0.15) is 0 Å². The van der Waals surface area contributed by atoms with Gasteiger partial charge >= 0.3 is 6.03 Å². The number of hydrogen-bond donors (Lipinski definition) is 2. The summed E-state index contributed by atoms with van der Waals surface area (Å²) in [5.74, 6) is -0.315. The highest BCUT2D eigenvalue weighted by atomic mass is 19.1. The molecule has 2 rings (SSSR count). The third kappa shape index (κ3) is 10.4. The molecule has 0 spiro atoms. The summed E-state index contributed by atoms with van der Waals surface area (Å²) in [6, 6.07) is 9.34. The minimum absolute atomic E-state index is 0.336. The molecule has 0 saturated carbocycles. The maximum atomic E-state index is 13.8. The molecule has 2 aromatic carbocycles. The maximum Gasteiger partial charge on any atom is 0.312 e. The molecule has 0 fully saturated rings. The van der Waals surface area contributed by atoms with Crippen LogP contribution in [-0.2, 0) is 13.0 Å². The monoisotopic (exact) mass is 444 g/mol. The highest BCUT2D eigenvalue weighted by Gasteiger charge is 2.14. The van der Waals surface area contributed by atoms with Crippen LogP contribution in [-0.4, -0.2) is 6.03 Å². The molecule has 3 N–H and O–H groups in total. The molecule has 176 valence electrons. The summed E-state index contributed by atoms with van der Waals surface area (Å²) in [4.78, 5) is 11.0. The number of carbonyl (C=O) groups is 1. The smallest absolute Gasteiger partial charge is 0.312 e. The summed E-state index contributed by atoms with van der Waals surface area (Å²) in [5.41, 5.74) is 9.17. The first kappa shape index (κ1) is 29.1. The number of benzene rings is 2. The Morgan fingerprint density at radius 3 is 2.34 bits per heavy atom. The van der Waals surface area contributed by atoms with Crippen LogP contribution in [0.2, 0.25) is 0 Å². The van der Waals surface area contributed by atoms with Crippen LogP contribution in [0, 0.1) is 18.6 Å². The molecular formula is C27H38F2N2O. The average Bonchev–Trinajstić information content (AvgIpc) is 2.80. The zero-order valence-corrected chi connectivity index (χ0v) is 19.6. The molecule has 0 bridgehead atoms. The molecule has 1 atom stereocenters. The van der Waals surface area contributed by atoms with Gasteiger partial charge in [0.05, 0.1) is 0 Å². The SMILES string of the molecule is C=C.C=C.CCCC(CCCCc1cc(F)ccc1F)c1cc(CNC(N)=O)ccc1C. The van der Waals surface area contributed by atoms with Crippen LogP contribution in [0.15, 0.2) is 62.7 Å². The summed E-state index contributed by atoms with van der Waals surface area (Å²) in [7, 11) is 0. The van der Waals surface area contributed by atoms with Gasteiger partial charge in [-0.3, -0.25) is 0 Å². The number of nitrogens with one attached hydrogen (secondary N) is 1. The van der Waals surface area contributed by atoms with Gasteiger partial charge in [-0.05, 0) is 79.0 Å². The Labute approximate surface area is 192 Å². The number of nitrogens with two attached hydrogens (primary N) is 1. The number of halogens is 2. The highest BCUT2D eigenvalue weighted by Crippen LogP contribution is 2.30. The van der Waals surface area contributed by atoms with E-state index in [1.165, 1.54) is 23.3 Å². The predicted molar refractivity (Wildman–Crippen MR) is 132 cm³/mol. The third-order valence-corrected chi connectivity index (χ3v) is 5.14. The van der Waals surface area contributed by atoms with Crippen molar-refractivity contribution in [2.45, 2.75) is 64.8 Å². The fourth-order valence-electron chi connectivity index (χ4n) is 3.67. The molecule has 1 unspecified atom stereocenters. The van der Waals surface area contributed by atoms with E-state index in [0.29, 0.717) is 24.4 Å². The van der Waals surface area contributed by atoms with E-state index in [1.54, 1.807) is 0 Å². The standard InChI is InChI=1S/C23H30F2N2O.2C2H4/c1-3-6-18(7-4-5-8-19-14-20(24)11-12-22(19)25)21-13-17(10-9-16(21)2)15-27-23(26)28;2*1-2/h9-14,18H,3-8,15H2,1-2H3,(H3,26,27,28);2*1-2H2. The lowest BCUT2D eigenvalue weighted by atomic mass is 9.85. The lowest BCUT2D eigenvalue weighted by molar-refractivity contribution is 0.248.